The number of carbonyl (C=O) groups excluding carboxylic acids is 2. The molecule has 0 atom stereocenters. The van der Waals surface area contributed by atoms with E-state index < -0.39 is 11.8 Å². The molecule has 0 radical (unpaired) electrons. The molecule has 0 saturated heterocycles. The number of nitrogens with zero attached hydrogens (tertiary/aromatic N) is 1. The zero-order chi connectivity index (χ0) is 18.2. The predicted octanol–water partition coefficient (Wildman–Crippen LogP) is 2.56. The van der Waals surface area contributed by atoms with Gasteiger partial charge < -0.3 is 14.8 Å². The SMILES string of the molecule is COc1ccc(NC(=O)C(=O)N/N=C\c2ccc(Br)cc2)c(OC)c1. The molecule has 25 heavy (non-hydrogen) atoms. The Bertz CT molecular complexity index is 791. The van der Waals surface area contributed by atoms with Gasteiger partial charge in [-0.15, -0.1) is 0 Å². The number of anilines is 1. The summed E-state index contributed by atoms with van der Waals surface area (Å²) in [4.78, 5) is 23.7. The van der Waals surface area contributed by atoms with Crippen molar-refractivity contribution in [2.45, 2.75) is 0 Å². The van der Waals surface area contributed by atoms with Gasteiger partial charge >= 0.3 is 11.8 Å². The van der Waals surface area contributed by atoms with Crippen LogP contribution >= 0.6 is 15.9 Å². The van der Waals surface area contributed by atoms with Gasteiger partial charge in [-0.2, -0.15) is 5.10 Å². The van der Waals surface area contributed by atoms with Crippen LogP contribution in [-0.4, -0.2) is 32.2 Å². The van der Waals surface area contributed by atoms with E-state index in [4.69, 9.17) is 9.47 Å². The summed E-state index contributed by atoms with van der Waals surface area (Å²) in [5, 5.41) is 6.21. The fraction of sp³-hybridized carbons (Fsp3) is 0.118. The van der Waals surface area contributed by atoms with Crippen LogP contribution < -0.4 is 20.2 Å². The Labute approximate surface area is 153 Å². The molecule has 0 aromatic heterocycles. The average Bonchev–Trinajstić information content (AvgIpc) is 2.63. The van der Waals surface area contributed by atoms with E-state index in [9.17, 15) is 9.59 Å². The first kappa shape index (κ1) is 18.5. The number of methoxy groups -OCH3 is 2. The van der Waals surface area contributed by atoms with Gasteiger partial charge in [0.2, 0.25) is 0 Å². The molecule has 0 fully saturated rings. The summed E-state index contributed by atoms with van der Waals surface area (Å²) in [5.74, 6) is -0.820. The number of carbonyl (C=O) groups is 2. The molecule has 2 amide bonds. The molecule has 2 aromatic carbocycles. The largest absolute Gasteiger partial charge is 0.497 e. The maximum absolute atomic E-state index is 11.9. The van der Waals surface area contributed by atoms with Gasteiger partial charge in [-0.1, -0.05) is 28.1 Å². The fourth-order valence-electron chi connectivity index (χ4n) is 1.85. The topological polar surface area (TPSA) is 89.0 Å². The van der Waals surface area contributed by atoms with Crippen LogP contribution in [0.4, 0.5) is 5.69 Å². The first-order chi connectivity index (χ1) is 12.0. The molecule has 8 heteroatoms. The van der Waals surface area contributed by atoms with Crippen LogP contribution in [0.1, 0.15) is 5.56 Å². The molecule has 0 spiro atoms. The van der Waals surface area contributed by atoms with Gasteiger partial charge in [0.15, 0.2) is 0 Å². The van der Waals surface area contributed by atoms with Crippen molar-refractivity contribution in [1.29, 1.82) is 0 Å². The summed E-state index contributed by atoms with van der Waals surface area (Å²) in [5.41, 5.74) is 3.29. The number of hydrazone groups is 1. The molecule has 2 rings (SSSR count). The van der Waals surface area contributed by atoms with Gasteiger partial charge in [0.25, 0.3) is 0 Å². The molecule has 2 aromatic rings. The first-order valence-electron chi connectivity index (χ1n) is 7.15. The van der Waals surface area contributed by atoms with Gasteiger partial charge in [-0.3, -0.25) is 9.59 Å². The zero-order valence-electron chi connectivity index (χ0n) is 13.6. The second-order valence-corrected chi connectivity index (χ2v) is 5.69. The van der Waals surface area contributed by atoms with Gasteiger partial charge in [0.1, 0.15) is 11.5 Å². The molecule has 0 aliphatic carbocycles. The highest BCUT2D eigenvalue weighted by Gasteiger charge is 2.15. The summed E-state index contributed by atoms with van der Waals surface area (Å²) >= 11 is 3.32. The van der Waals surface area contributed by atoms with Gasteiger partial charge in [0.05, 0.1) is 26.1 Å². The second-order valence-electron chi connectivity index (χ2n) is 4.77. The third-order valence-electron chi connectivity index (χ3n) is 3.11. The number of amides is 2. The minimum atomic E-state index is -0.897. The molecule has 0 bridgehead atoms. The van der Waals surface area contributed by atoms with Crippen molar-refractivity contribution >= 4 is 39.6 Å². The predicted molar refractivity (Wildman–Crippen MR) is 98.1 cm³/mol. The lowest BCUT2D eigenvalue weighted by molar-refractivity contribution is -0.136. The van der Waals surface area contributed by atoms with Crippen molar-refractivity contribution in [1.82, 2.24) is 5.43 Å². The Morgan fingerprint density at radius 2 is 1.76 bits per heavy atom. The molecular formula is C17H16BrN3O4. The molecule has 2 N–H and O–H groups in total. The van der Waals surface area contributed by atoms with E-state index in [0.717, 1.165) is 10.0 Å². The minimum absolute atomic E-state index is 0.348. The van der Waals surface area contributed by atoms with E-state index in [0.29, 0.717) is 17.2 Å². The van der Waals surface area contributed by atoms with E-state index in [2.05, 4.69) is 31.8 Å². The third-order valence-corrected chi connectivity index (χ3v) is 3.64. The number of ether oxygens (including phenoxy) is 2. The van der Waals surface area contributed by atoms with E-state index in [1.165, 1.54) is 20.4 Å². The molecule has 0 aliphatic heterocycles. The maximum atomic E-state index is 11.9. The maximum Gasteiger partial charge on any atom is 0.329 e. The summed E-state index contributed by atoms with van der Waals surface area (Å²) in [6.45, 7) is 0. The molecule has 0 saturated carbocycles. The standard InChI is InChI=1S/C17H16BrN3O4/c1-24-13-7-8-14(15(9-13)25-2)20-16(22)17(23)21-19-10-11-3-5-12(18)6-4-11/h3-10H,1-2H3,(H,20,22)(H,21,23)/b19-10-. The van der Waals surface area contributed by atoms with E-state index in [-0.39, 0.29) is 0 Å². The third kappa shape index (κ3) is 5.32. The van der Waals surface area contributed by atoms with E-state index >= 15 is 0 Å². The Morgan fingerprint density at radius 3 is 2.40 bits per heavy atom. The van der Waals surface area contributed by atoms with Crippen LogP contribution in [0.2, 0.25) is 0 Å². The van der Waals surface area contributed by atoms with Crippen molar-refractivity contribution < 1.29 is 19.1 Å². The summed E-state index contributed by atoms with van der Waals surface area (Å²) in [7, 11) is 2.97. The number of hydrogen-bond acceptors (Lipinski definition) is 5. The minimum Gasteiger partial charge on any atom is -0.497 e. The molecule has 7 nitrogen and oxygen atoms in total. The summed E-state index contributed by atoms with van der Waals surface area (Å²) in [6.07, 6.45) is 1.44. The highest BCUT2D eigenvalue weighted by Crippen LogP contribution is 2.28. The number of rotatable bonds is 5. The van der Waals surface area contributed by atoms with Gasteiger partial charge in [0, 0.05) is 10.5 Å². The number of nitrogens with one attached hydrogen (secondary N) is 2. The Kier molecular flexibility index (Phi) is 6.53. The van der Waals surface area contributed by atoms with Crippen LogP contribution in [0.25, 0.3) is 0 Å². The van der Waals surface area contributed by atoms with Crippen LogP contribution in [0.3, 0.4) is 0 Å². The Morgan fingerprint density at radius 1 is 1.04 bits per heavy atom. The highest BCUT2D eigenvalue weighted by molar-refractivity contribution is 9.10. The van der Waals surface area contributed by atoms with Gasteiger partial charge in [-0.05, 0) is 29.8 Å². The molecule has 0 heterocycles. The van der Waals surface area contributed by atoms with Gasteiger partial charge in [-0.25, -0.2) is 5.43 Å². The van der Waals surface area contributed by atoms with Crippen molar-refractivity contribution in [3.63, 3.8) is 0 Å². The average molecular weight is 406 g/mol. The normalized spacial score (nSPS) is 10.4. The van der Waals surface area contributed by atoms with E-state index in [1.54, 1.807) is 18.2 Å². The van der Waals surface area contributed by atoms with Crippen LogP contribution in [-0.2, 0) is 9.59 Å². The number of halogens is 1. The van der Waals surface area contributed by atoms with Crippen molar-refractivity contribution in [2.75, 3.05) is 19.5 Å². The van der Waals surface area contributed by atoms with Crippen molar-refractivity contribution in [3.8, 4) is 11.5 Å². The lowest BCUT2D eigenvalue weighted by Crippen LogP contribution is -2.32. The van der Waals surface area contributed by atoms with Crippen LogP contribution in [0.15, 0.2) is 52.0 Å². The fourth-order valence-corrected chi connectivity index (χ4v) is 2.11. The number of benzene rings is 2. The molecule has 130 valence electrons. The van der Waals surface area contributed by atoms with E-state index in [1.807, 2.05) is 24.3 Å². The quantitative estimate of drug-likeness (QED) is 0.454. The first-order valence-corrected chi connectivity index (χ1v) is 7.94. The van der Waals surface area contributed by atoms with Crippen LogP contribution in [0.5, 0.6) is 11.5 Å². The zero-order valence-corrected chi connectivity index (χ0v) is 15.2. The Hall–Kier alpha value is -2.87. The summed E-state index contributed by atoms with van der Waals surface area (Å²) in [6, 6.07) is 12.1. The Balaban J connectivity index is 1.96. The number of hydrogen-bond donors (Lipinski definition) is 2. The van der Waals surface area contributed by atoms with Crippen LogP contribution in [0, 0.1) is 0 Å². The summed E-state index contributed by atoms with van der Waals surface area (Å²) < 4.78 is 11.2. The lowest BCUT2D eigenvalue weighted by atomic mass is 10.2. The van der Waals surface area contributed by atoms with Crippen molar-refractivity contribution in [3.05, 3.63) is 52.5 Å². The molecule has 0 unspecified atom stereocenters. The lowest BCUT2D eigenvalue weighted by Gasteiger charge is -2.10. The monoisotopic (exact) mass is 405 g/mol. The smallest absolute Gasteiger partial charge is 0.329 e. The van der Waals surface area contributed by atoms with Crippen molar-refractivity contribution in [2.24, 2.45) is 5.10 Å². The molecule has 0 aliphatic rings. The molecular weight excluding hydrogens is 390 g/mol. The highest BCUT2D eigenvalue weighted by atomic mass is 79.9. The second kappa shape index (κ2) is 8.84.